The van der Waals surface area contributed by atoms with E-state index >= 15 is 0 Å². The predicted molar refractivity (Wildman–Crippen MR) is 90.7 cm³/mol. The number of carbonyl (C=O) groups excluding carboxylic acids is 1. The van der Waals surface area contributed by atoms with Crippen molar-refractivity contribution >= 4 is 27.6 Å². The fourth-order valence-corrected chi connectivity index (χ4v) is 2.73. The normalized spacial score (nSPS) is 13.1. The summed E-state index contributed by atoms with van der Waals surface area (Å²) in [6.45, 7) is 2.35. The number of anilines is 1. The molecular weight excluding hydrogens is 352 g/mol. The third-order valence-corrected chi connectivity index (χ3v) is 4.76. The van der Waals surface area contributed by atoms with E-state index in [1.165, 1.54) is 38.1 Å². The SMILES string of the molecule is CC(C)(CO)[C@H](O)C(=O)NCCS(=O)(=O)Nc1ccc(C(=O)O)cc1. The summed E-state index contributed by atoms with van der Waals surface area (Å²) < 4.78 is 26.1. The molecule has 10 heteroatoms. The number of aliphatic hydroxyl groups is 2. The van der Waals surface area contributed by atoms with Crippen molar-refractivity contribution in [3.8, 4) is 0 Å². The standard InChI is InChI=1S/C15H22N2O7S/c1-15(2,9-18)12(19)13(20)16-7-8-25(23,24)17-11-5-3-10(4-6-11)14(21)22/h3-6,12,17-19H,7-9H2,1-2H3,(H,16,20)(H,21,22)/t12-/m1/s1. The molecule has 1 rings (SSSR count). The first kappa shape index (κ1) is 20.9. The minimum atomic E-state index is -3.77. The number of aliphatic hydroxyl groups excluding tert-OH is 2. The van der Waals surface area contributed by atoms with Gasteiger partial charge in [-0.3, -0.25) is 9.52 Å². The third-order valence-electron chi connectivity index (χ3n) is 3.47. The minimum absolute atomic E-state index is 0.0238. The van der Waals surface area contributed by atoms with Gasteiger partial charge in [-0.15, -0.1) is 0 Å². The molecule has 0 heterocycles. The molecule has 0 saturated heterocycles. The molecule has 0 aliphatic rings. The molecule has 1 amide bonds. The number of carboxylic acids is 1. The Labute approximate surface area is 145 Å². The van der Waals surface area contributed by atoms with Gasteiger partial charge >= 0.3 is 5.97 Å². The lowest BCUT2D eigenvalue weighted by atomic mass is 9.87. The van der Waals surface area contributed by atoms with E-state index in [1.807, 2.05) is 0 Å². The highest BCUT2D eigenvalue weighted by Crippen LogP contribution is 2.19. The summed E-state index contributed by atoms with van der Waals surface area (Å²) in [6.07, 6.45) is -1.48. The Morgan fingerprint density at radius 1 is 1.20 bits per heavy atom. The van der Waals surface area contributed by atoms with Crippen LogP contribution in [0.25, 0.3) is 0 Å². The number of benzene rings is 1. The van der Waals surface area contributed by atoms with E-state index in [9.17, 15) is 23.1 Å². The van der Waals surface area contributed by atoms with Gasteiger partial charge in [-0.25, -0.2) is 13.2 Å². The molecule has 1 aromatic rings. The zero-order valence-electron chi connectivity index (χ0n) is 13.9. The Morgan fingerprint density at radius 3 is 2.24 bits per heavy atom. The van der Waals surface area contributed by atoms with Gasteiger partial charge in [-0.1, -0.05) is 13.8 Å². The summed E-state index contributed by atoms with van der Waals surface area (Å²) in [5.41, 5.74) is -0.832. The number of aromatic carboxylic acids is 1. The van der Waals surface area contributed by atoms with Crippen molar-refractivity contribution < 1.29 is 33.3 Å². The molecule has 0 spiro atoms. The maximum atomic E-state index is 11.9. The molecule has 0 radical (unpaired) electrons. The van der Waals surface area contributed by atoms with Gasteiger partial charge < -0.3 is 20.6 Å². The number of rotatable bonds is 9. The van der Waals surface area contributed by atoms with Crippen LogP contribution in [0.5, 0.6) is 0 Å². The summed E-state index contributed by atoms with van der Waals surface area (Å²) in [4.78, 5) is 22.5. The monoisotopic (exact) mass is 374 g/mol. The van der Waals surface area contributed by atoms with E-state index in [2.05, 4.69) is 10.0 Å². The zero-order valence-corrected chi connectivity index (χ0v) is 14.7. The van der Waals surface area contributed by atoms with Crippen molar-refractivity contribution in [3.05, 3.63) is 29.8 Å². The van der Waals surface area contributed by atoms with E-state index in [-0.39, 0.29) is 17.8 Å². The third kappa shape index (κ3) is 6.33. The Balaban J connectivity index is 2.56. The number of carboxylic acid groups (broad SMARTS) is 1. The number of hydrogen-bond donors (Lipinski definition) is 5. The van der Waals surface area contributed by atoms with Crippen LogP contribution in [-0.4, -0.2) is 60.6 Å². The zero-order chi connectivity index (χ0) is 19.3. The van der Waals surface area contributed by atoms with Crippen molar-refractivity contribution in [2.75, 3.05) is 23.6 Å². The minimum Gasteiger partial charge on any atom is -0.478 e. The van der Waals surface area contributed by atoms with Gasteiger partial charge in [-0.2, -0.15) is 0 Å². The van der Waals surface area contributed by atoms with Crippen LogP contribution >= 0.6 is 0 Å². The van der Waals surface area contributed by atoms with E-state index in [1.54, 1.807) is 0 Å². The van der Waals surface area contributed by atoms with Gasteiger partial charge in [0.15, 0.2) is 0 Å². The molecule has 25 heavy (non-hydrogen) atoms. The molecule has 0 aromatic heterocycles. The van der Waals surface area contributed by atoms with Crippen LogP contribution in [0.2, 0.25) is 0 Å². The Hall–Kier alpha value is -2.17. The maximum absolute atomic E-state index is 11.9. The first-order valence-electron chi connectivity index (χ1n) is 7.39. The largest absolute Gasteiger partial charge is 0.478 e. The van der Waals surface area contributed by atoms with Crippen LogP contribution in [0, 0.1) is 5.41 Å². The molecule has 1 aromatic carbocycles. The second kappa shape index (κ2) is 8.28. The van der Waals surface area contributed by atoms with Crippen LogP contribution < -0.4 is 10.0 Å². The Bertz CT molecular complexity index is 714. The van der Waals surface area contributed by atoms with Crippen LogP contribution in [0.3, 0.4) is 0 Å². The average molecular weight is 374 g/mol. The van der Waals surface area contributed by atoms with Gasteiger partial charge in [0.1, 0.15) is 6.10 Å². The van der Waals surface area contributed by atoms with E-state index in [0.29, 0.717) is 0 Å². The predicted octanol–water partition coefficient (Wildman–Crippen LogP) is -0.378. The maximum Gasteiger partial charge on any atom is 0.335 e. The van der Waals surface area contributed by atoms with Crippen molar-refractivity contribution in [2.24, 2.45) is 5.41 Å². The average Bonchev–Trinajstić information content (AvgIpc) is 2.53. The van der Waals surface area contributed by atoms with Crippen molar-refractivity contribution in [1.82, 2.24) is 5.32 Å². The van der Waals surface area contributed by atoms with E-state index < -0.39 is 45.8 Å². The lowest BCUT2D eigenvalue weighted by molar-refractivity contribution is -0.136. The molecule has 0 unspecified atom stereocenters. The smallest absolute Gasteiger partial charge is 0.335 e. The van der Waals surface area contributed by atoms with E-state index in [0.717, 1.165) is 0 Å². The second-order valence-corrected chi connectivity index (χ2v) is 7.99. The number of nitrogens with one attached hydrogen (secondary N) is 2. The highest BCUT2D eigenvalue weighted by Gasteiger charge is 2.32. The molecule has 0 fully saturated rings. The molecular formula is C15H22N2O7S. The molecule has 0 aliphatic carbocycles. The number of sulfonamides is 1. The fraction of sp³-hybridized carbons (Fsp3) is 0.467. The van der Waals surface area contributed by atoms with Gasteiger partial charge in [0.2, 0.25) is 15.9 Å². The van der Waals surface area contributed by atoms with Crippen molar-refractivity contribution in [1.29, 1.82) is 0 Å². The summed E-state index contributed by atoms with van der Waals surface area (Å²) in [6, 6.07) is 5.14. The summed E-state index contributed by atoms with van der Waals surface area (Å²) in [5, 5.41) is 30.0. The van der Waals surface area contributed by atoms with Crippen LogP contribution in [-0.2, 0) is 14.8 Å². The number of carbonyl (C=O) groups is 2. The summed E-state index contributed by atoms with van der Waals surface area (Å²) in [5.74, 6) is -2.34. The molecule has 0 aliphatic heterocycles. The molecule has 0 bridgehead atoms. The van der Waals surface area contributed by atoms with Crippen molar-refractivity contribution in [3.63, 3.8) is 0 Å². The highest BCUT2D eigenvalue weighted by molar-refractivity contribution is 7.92. The molecule has 5 N–H and O–H groups in total. The lowest BCUT2D eigenvalue weighted by Gasteiger charge is -2.27. The second-order valence-electron chi connectivity index (χ2n) is 6.14. The number of amides is 1. The van der Waals surface area contributed by atoms with Crippen LogP contribution in [0.15, 0.2) is 24.3 Å². The number of hydrogen-bond acceptors (Lipinski definition) is 6. The summed E-state index contributed by atoms with van der Waals surface area (Å²) in [7, 11) is -3.77. The Kier molecular flexibility index (Phi) is 6.91. The molecule has 0 saturated carbocycles. The van der Waals surface area contributed by atoms with Gasteiger partial charge in [0, 0.05) is 17.6 Å². The Morgan fingerprint density at radius 2 is 1.76 bits per heavy atom. The fourth-order valence-electron chi connectivity index (χ4n) is 1.76. The van der Waals surface area contributed by atoms with Gasteiger partial charge in [-0.05, 0) is 24.3 Å². The highest BCUT2D eigenvalue weighted by atomic mass is 32.2. The molecule has 140 valence electrons. The quantitative estimate of drug-likeness (QED) is 0.395. The first-order chi connectivity index (χ1) is 11.5. The molecule has 9 nitrogen and oxygen atoms in total. The van der Waals surface area contributed by atoms with Crippen molar-refractivity contribution in [2.45, 2.75) is 20.0 Å². The van der Waals surface area contributed by atoms with Gasteiger partial charge in [0.05, 0.1) is 17.9 Å². The molecule has 1 atom stereocenters. The lowest BCUT2D eigenvalue weighted by Crippen LogP contribution is -2.46. The topological polar surface area (TPSA) is 153 Å². The van der Waals surface area contributed by atoms with E-state index in [4.69, 9.17) is 10.2 Å². The first-order valence-corrected chi connectivity index (χ1v) is 9.04. The van der Waals surface area contributed by atoms with Gasteiger partial charge in [0.25, 0.3) is 0 Å². The van der Waals surface area contributed by atoms with Crippen LogP contribution in [0.1, 0.15) is 24.2 Å². The van der Waals surface area contributed by atoms with Crippen LogP contribution in [0.4, 0.5) is 5.69 Å². The summed E-state index contributed by atoms with van der Waals surface area (Å²) >= 11 is 0.